The van der Waals surface area contributed by atoms with Crippen molar-refractivity contribution in [1.82, 2.24) is 9.91 Å². The van der Waals surface area contributed by atoms with Crippen molar-refractivity contribution < 1.29 is 0 Å². The van der Waals surface area contributed by atoms with Gasteiger partial charge in [0.2, 0.25) is 0 Å². The molecule has 3 atom stereocenters. The standard InChI is InChI=1S/C26H33N3/c1-20-17-23(19-21-11-6-4-7-12-21)25-24(18-20)26(22-13-8-5-9-14-22)29(27-25)16-10-15-28(2)3/h4-9,11-14,19-20,24,26H,10,15-18H2,1-3H3. The summed E-state index contributed by atoms with van der Waals surface area (Å²) in [5.41, 5.74) is 5.43. The summed E-state index contributed by atoms with van der Waals surface area (Å²) in [6.45, 7) is 4.49. The van der Waals surface area contributed by atoms with Crippen LogP contribution in [0.2, 0.25) is 0 Å². The third kappa shape index (κ3) is 4.62. The summed E-state index contributed by atoms with van der Waals surface area (Å²) < 4.78 is 0. The molecule has 0 saturated heterocycles. The molecule has 4 rings (SSSR count). The van der Waals surface area contributed by atoms with Crippen molar-refractivity contribution in [3.05, 3.63) is 77.4 Å². The van der Waals surface area contributed by atoms with E-state index >= 15 is 0 Å². The van der Waals surface area contributed by atoms with Crippen LogP contribution in [0.3, 0.4) is 0 Å². The van der Waals surface area contributed by atoms with Gasteiger partial charge in [0.15, 0.2) is 0 Å². The van der Waals surface area contributed by atoms with E-state index in [9.17, 15) is 0 Å². The molecule has 0 amide bonds. The average Bonchev–Trinajstić information content (AvgIpc) is 3.07. The Balaban J connectivity index is 1.67. The van der Waals surface area contributed by atoms with Crippen LogP contribution in [0.5, 0.6) is 0 Å². The number of hydrogen-bond donors (Lipinski definition) is 0. The molecule has 1 aliphatic heterocycles. The summed E-state index contributed by atoms with van der Waals surface area (Å²) in [7, 11) is 4.29. The second-order valence-corrected chi connectivity index (χ2v) is 8.89. The van der Waals surface area contributed by atoms with Crippen LogP contribution in [-0.2, 0) is 0 Å². The van der Waals surface area contributed by atoms with Crippen molar-refractivity contribution in [3.63, 3.8) is 0 Å². The van der Waals surface area contributed by atoms with Gasteiger partial charge in [0.05, 0.1) is 11.8 Å². The average molecular weight is 388 g/mol. The Morgan fingerprint density at radius 1 is 1.03 bits per heavy atom. The summed E-state index contributed by atoms with van der Waals surface area (Å²) in [5.74, 6) is 1.16. The van der Waals surface area contributed by atoms with E-state index in [2.05, 4.69) is 97.7 Å². The molecule has 1 heterocycles. The lowest BCUT2D eigenvalue weighted by atomic mass is 9.73. The van der Waals surface area contributed by atoms with Gasteiger partial charge in [-0.2, -0.15) is 5.10 Å². The molecule has 0 aromatic heterocycles. The zero-order chi connectivity index (χ0) is 20.2. The zero-order valence-corrected chi connectivity index (χ0v) is 18.0. The summed E-state index contributed by atoms with van der Waals surface area (Å²) in [4.78, 5) is 2.26. The van der Waals surface area contributed by atoms with Crippen LogP contribution in [-0.4, -0.2) is 42.8 Å². The topological polar surface area (TPSA) is 18.8 Å². The van der Waals surface area contributed by atoms with E-state index in [-0.39, 0.29) is 0 Å². The highest BCUT2D eigenvalue weighted by Crippen LogP contribution is 2.45. The highest BCUT2D eigenvalue weighted by atomic mass is 15.5. The van der Waals surface area contributed by atoms with Gasteiger partial charge >= 0.3 is 0 Å². The third-order valence-corrected chi connectivity index (χ3v) is 6.12. The molecule has 29 heavy (non-hydrogen) atoms. The Labute approximate surface area is 175 Å². The number of allylic oxidation sites excluding steroid dienone is 1. The van der Waals surface area contributed by atoms with Crippen molar-refractivity contribution in [2.24, 2.45) is 16.9 Å². The third-order valence-electron chi connectivity index (χ3n) is 6.12. The highest BCUT2D eigenvalue weighted by molar-refractivity contribution is 6.07. The first-order valence-corrected chi connectivity index (χ1v) is 10.9. The Morgan fingerprint density at radius 3 is 2.41 bits per heavy atom. The molecule has 1 fully saturated rings. The predicted octanol–water partition coefficient (Wildman–Crippen LogP) is 5.48. The molecule has 1 aliphatic carbocycles. The van der Waals surface area contributed by atoms with E-state index in [1.807, 2.05) is 0 Å². The second-order valence-electron chi connectivity index (χ2n) is 8.89. The lowest BCUT2D eigenvalue weighted by Gasteiger charge is -2.33. The first kappa shape index (κ1) is 19.9. The van der Waals surface area contributed by atoms with E-state index in [0.29, 0.717) is 17.9 Å². The Hall–Kier alpha value is -2.39. The van der Waals surface area contributed by atoms with E-state index in [0.717, 1.165) is 25.9 Å². The quantitative estimate of drug-likeness (QED) is 0.653. The number of fused-ring (bicyclic) bond motifs is 1. The lowest BCUT2D eigenvalue weighted by Crippen LogP contribution is -2.31. The molecule has 0 bridgehead atoms. The Morgan fingerprint density at radius 2 is 1.72 bits per heavy atom. The normalized spacial score (nSPS) is 25.4. The SMILES string of the molecule is CC1CC(=Cc2ccccc2)C2=NN(CCCN(C)C)C(c3ccccc3)C2C1. The van der Waals surface area contributed by atoms with Gasteiger partial charge in [-0.05, 0) is 68.6 Å². The molecule has 3 unspecified atom stereocenters. The van der Waals surface area contributed by atoms with Gasteiger partial charge in [-0.15, -0.1) is 0 Å². The molecule has 0 radical (unpaired) electrons. The van der Waals surface area contributed by atoms with Crippen LogP contribution in [0.1, 0.15) is 43.4 Å². The monoisotopic (exact) mass is 387 g/mol. The fourth-order valence-corrected chi connectivity index (χ4v) is 4.85. The fraction of sp³-hybridized carbons (Fsp3) is 0.423. The maximum atomic E-state index is 5.24. The summed E-state index contributed by atoms with van der Waals surface area (Å²) in [5, 5.41) is 7.62. The van der Waals surface area contributed by atoms with Gasteiger partial charge in [-0.25, -0.2) is 0 Å². The van der Waals surface area contributed by atoms with Crippen molar-refractivity contribution in [1.29, 1.82) is 0 Å². The molecule has 2 aromatic carbocycles. The highest BCUT2D eigenvalue weighted by Gasteiger charge is 2.42. The molecular weight excluding hydrogens is 354 g/mol. The second kappa shape index (κ2) is 8.96. The molecule has 152 valence electrons. The van der Waals surface area contributed by atoms with Gasteiger partial charge < -0.3 is 4.90 Å². The number of hydrogen-bond acceptors (Lipinski definition) is 3. The smallest absolute Gasteiger partial charge is 0.0804 e. The number of nitrogens with zero attached hydrogens (tertiary/aromatic N) is 3. The van der Waals surface area contributed by atoms with Crippen LogP contribution in [0.4, 0.5) is 0 Å². The maximum Gasteiger partial charge on any atom is 0.0804 e. The molecule has 2 aliphatic rings. The predicted molar refractivity (Wildman–Crippen MR) is 123 cm³/mol. The minimum Gasteiger partial charge on any atom is -0.309 e. The van der Waals surface area contributed by atoms with Gasteiger partial charge in [0.25, 0.3) is 0 Å². The largest absolute Gasteiger partial charge is 0.309 e. The number of rotatable bonds is 6. The van der Waals surface area contributed by atoms with Crippen molar-refractivity contribution in [2.75, 3.05) is 27.2 Å². The van der Waals surface area contributed by atoms with Gasteiger partial charge in [-0.1, -0.05) is 67.6 Å². The molecule has 2 aromatic rings. The minimum atomic E-state index is 0.357. The minimum absolute atomic E-state index is 0.357. The van der Waals surface area contributed by atoms with Crippen molar-refractivity contribution in [2.45, 2.75) is 32.2 Å². The molecule has 0 N–H and O–H groups in total. The molecule has 3 heteroatoms. The van der Waals surface area contributed by atoms with Crippen LogP contribution >= 0.6 is 0 Å². The molecule has 3 nitrogen and oxygen atoms in total. The zero-order valence-electron chi connectivity index (χ0n) is 18.0. The van der Waals surface area contributed by atoms with Crippen LogP contribution in [0.15, 0.2) is 71.3 Å². The van der Waals surface area contributed by atoms with Crippen LogP contribution < -0.4 is 0 Å². The van der Waals surface area contributed by atoms with Crippen LogP contribution in [0.25, 0.3) is 6.08 Å². The first-order chi connectivity index (χ1) is 14.1. The Bertz CT molecular complexity index is 854. The molecule has 1 saturated carbocycles. The van der Waals surface area contributed by atoms with E-state index in [4.69, 9.17) is 5.10 Å². The summed E-state index contributed by atoms with van der Waals surface area (Å²) >= 11 is 0. The fourth-order valence-electron chi connectivity index (χ4n) is 4.85. The maximum absolute atomic E-state index is 5.24. The molecular formula is C26H33N3. The Kier molecular flexibility index (Phi) is 6.15. The van der Waals surface area contributed by atoms with E-state index in [1.54, 1.807) is 0 Å². The van der Waals surface area contributed by atoms with Crippen LogP contribution in [0, 0.1) is 11.8 Å². The van der Waals surface area contributed by atoms with Crippen molar-refractivity contribution >= 4 is 11.8 Å². The summed E-state index contributed by atoms with van der Waals surface area (Å²) in [6, 6.07) is 22.1. The number of benzene rings is 2. The van der Waals surface area contributed by atoms with Gasteiger partial charge in [0.1, 0.15) is 0 Å². The lowest BCUT2D eigenvalue weighted by molar-refractivity contribution is 0.181. The summed E-state index contributed by atoms with van der Waals surface area (Å²) in [6.07, 6.45) is 5.84. The molecule has 0 spiro atoms. The first-order valence-electron chi connectivity index (χ1n) is 10.9. The van der Waals surface area contributed by atoms with Crippen molar-refractivity contribution in [3.8, 4) is 0 Å². The van der Waals surface area contributed by atoms with Gasteiger partial charge in [0, 0.05) is 12.5 Å². The van der Waals surface area contributed by atoms with E-state index < -0.39 is 0 Å². The number of hydrazone groups is 1. The van der Waals surface area contributed by atoms with E-state index in [1.165, 1.54) is 28.8 Å². The van der Waals surface area contributed by atoms with Gasteiger partial charge in [-0.3, -0.25) is 5.01 Å².